The number of carbonyl (C=O) groups excluding carboxylic acids is 1. The molecule has 0 saturated heterocycles. The number of pyridine rings is 1. The number of aryl methyl sites for hydroxylation is 1. The smallest absolute Gasteiger partial charge is 0.274 e. The molecule has 0 bridgehead atoms. The molecule has 4 nitrogen and oxygen atoms in total. The van der Waals surface area contributed by atoms with Crippen LogP contribution in [0.2, 0.25) is 0 Å². The zero-order valence-corrected chi connectivity index (χ0v) is 10.5. The number of benzene rings is 1. The number of anilines is 1. The number of rotatable bonds is 3. The molecule has 0 aliphatic rings. The molecule has 0 aliphatic carbocycles. The molecule has 1 aromatic carbocycles. The van der Waals surface area contributed by atoms with Gasteiger partial charge in [-0.2, -0.15) is 0 Å². The van der Waals surface area contributed by atoms with Crippen LogP contribution in [0.25, 0.3) is 0 Å². The molecule has 0 atom stereocenters. The van der Waals surface area contributed by atoms with E-state index in [0.717, 1.165) is 5.56 Å². The summed E-state index contributed by atoms with van der Waals surface area (Å²) >= 11 is 0. The Bertz CT molecular complexity index is 596. The third-order valence-corrected chi connectivity index (χ3v) is 2.72. The molecule has 0 radical (unpaired) electrons. The summed E-state index contributed by atoms with van der Waals surface area (Å²) in [6.07, 6.45) is 1.55. The van der Waals surface area contributed by atoms with Gasteiger partial charge in [-0.15, -0.1) is 0 Å². The number of aromatic nitrogens is 1. The maximum atomic E-state index is 13.3. The lowest BCUT2D eigenvalue weighted by Gasteiger charge is -2.06. The lowest BCUT2D eigenvalue weighted by Crippen LogP contribution is -2.14. The summed E-state index contributed by atoms with van der Waals surface area (Å²) in [5.74, 6) is -0.740. The van der Waals surface area contributed by atoms with E-state index in [1.54, 1.807) is 37.4 Å². The summed E-state index contributed by atoms with van der Waals surface area (Å²) in [5, 5.41) is 2.59. The van der Waals surface area contributed by atoms with Crippen molar-refractivity contribution in [2.45, 2.75) is 13.5 Å². The van der Waals surface area contributed by atoms with Gasteiger partial charge in [-0.3, -0.25) is 9.78 Å². The molecule has 3 N–H and O–H groups in total. The maximum Gasteiger partial charge on any atom is 0.274 e. The second-order valence-electron chi connectivity index (χ2n) is 4.17. The van der Waals surface area contributed by atoms with Gasteiger partial charge in [-0.25, -0.2) is 4.39 Å². The topological polar surface area (TPSA) is 68.0 Å². The van der Waals surface area contributed by atoms with Gasteiger partial charge in [0, 0.05) is 18.4 Å². The largest absolute Gasteiger partial charge is 0.326 e. The average molecular weight is 259 g/mol. The number of amides is 1. The fourth-order valence-corrected chi connectivity index (χ4v) is 1.55. The Morgan fingerprint density at radius 3 is 2.74 bits per heavy atom. The van der Waals surface area contributed by atoms with Gasteiger partial charge in [-0.05, 0) is 36.2 Å². The minimum absolute atomic E-state index is 0.262. The molecule has 1 amide bonds. The highest BCUT2D eigenvalue weighted by Crippen LogP contribution is 2.14. The van der Waals surface area contributed by atoms with Crippen molar-refractivity contribution in [2.24, 2.45) is 5.73 Å². The Morgan fingerprint density at radius 1 is 1.37 bits per heavy atom. The van der Waals surface area contributed by atoms with E-state index in [2.05, 4.69) is 10.3 Å². The molecule has 98 valence electrons. The summed E-state index contributed by atoms with van der Waals surface area (Å²) in [5.41, 5.74) is 7.49. The zero-order valence-electron chi connectivity index (χ0n) is 10.5. The van der Waals surface area contributed by atoms with Crippen LogP contribution < -0.4 is 11.1 Å². The van der Waals surface area contributed by atoms with Crippen LogP contribution in [-0.4, -0.2) is 10.9 Å². The number of halogens is 1. The van der Waals surface area contributed by atoms with Crippen molar-refractivity contribution >= 4 is 11.6 Å². The molecule has 2 aromatic rings. The first-order chi connectivity index (χ1) is 9.10. The normalized spacial score (nSPS) is 10.3. The molecule has 2 rings (SSSR count). The molecule has 0 aliphatic heterocycles. The Balaban J connectivity index is 2.13. The van der Waals surface area contributed by atoms with Gasteiger partial charge in [0.2, 0.25) is 0 Å². The summed E-state index contributed by atoms with van der Waals surface area (Å²) in [6, 6.07) is 7.85. The molecule has 1 aromatic heterocycles. The monoisotopic (exact) mass is 259 g/mol. The number of nitrogens with one attached hydrogen (secondary N) is 1. The molecular weight excluding hydrogens is 245 g/mol. The van der Waals surface area contributed by atoms with Gasteiger partial charge in [-0.1, -0.05) is 12.1 Å². The van der Waals surface area contributed by atoms with Crippen molar-refractivity contribution in [1.29, 1.82) is 0 Å². The molecule has 5 heteroatoms. The molecule has 1 heterocycles. The van der Waals surface area contributed by atoms with Gasteiger partial charge in [0.25, 0.3) is 5.91 Å². The van der Waals surface area contributed by atoms with E-state index in [1.165, 1.54) is 6.07 Å². The van der Waals surface area contributed by atoms with Gasteiger partial charge in [0.1, 0.15) is 11.5 Å². The first-order valence-electron chi connectivity index (χ1n) is 5.82. The Hall–Kier alpha value is -2.27. The Labute approximate surface area is 110 Å². The van der Waals surface area contributed by atoms with E-state index in [1.807, 2.05) is 0 Å². The van der Waals surface area contributed by atoms with Gasteiger partial charge < -0.3 is 11.1 Å². The average Bonchev–Trinajstić information content (AvgIpc) is 2.43. The van der Waals surface area contributed by atoms with Crippen LogP contribution in [0.3, 0.4) is 0 Å². The highest BCUT2D eigenvalue weighted by molar-refractivity contribution is 6.02. The molecular formula is C14H14FN3O. The van der Waals surface area contributed by atoms with Crippen LogP contribution in [0, 0.1) is 12.7 Å². The number of nitrogens with two attached hydrogens (primary N) is 1. The van der Waals surface area contributed by atoms with Crippen molar-refractivity contribution in [3.8, 4) is 0 Å². The van der Waals surface area contributed by atoms with Crippen molar-refractivity contribution in [3.05, 3.63) is 59.2 Å². The van der Waals surface area contributed by atoms with Crippen LogP contribution in [-0.2, 0) is 6.54 Å². The first kappa shape index (κ1) is 13.2. The molecule has 0 saturated carbocycles. The second-order valence-corrected chi connectivity index (χ2v) is 4.17. The van der Waals surface area contributed by atoms with Gasteiger partial charge >= 0.3 is 0 Å². The van der Waals surface area contributed by atoms with Gasteiger partial charge in [0.15, 0.2) is 0 Å². The minimum Gasteiger partial charge on any atom is -0.326 e. The molecule has 0 spiro atoms. The van der Waals surface area contributed by atoms with Crippen LogP contribution in [0.4, 0.5) is 10.1 Å². The molecule has 19 heavy (non-hydrogen) atoms. The van der Waals surface area contributed by atoms with Crippen LogP contribution in [0.1, 0.15) is 21.6 Å². The number of hydrogen-bond acceptors (Lipinski definition) is 3. The lowest BCUT2D eigenvalue weighted by atomic mass is 10.2. The minimum atomic E-state index is -0.383. The van der Waals surface area contributed by atoms with E-state index < -0.39 is 0 Å². The third kappa shape index (κ3) is 3.14. The van der Waals surface area contributed by atoms with Crippen LogP contribution in [0.5, 0.6) is 0 Å². The number of nitrogens with zero attached hydrogens (tertiary/aromatic N) is 1. The van der Waals surface area contributed by atoms with E-state index in [9.17, 15) is 9.18 Å². The maximum absolute atomic E-state index is 13.3. The molecule has 0 unspecified atom stereocenters. The van der Waals surface area contributed by atoms with Crippen molar-refractivity contribution in [3.63, 3.8) is 0 Å². The Morgan fingerprint density at radius 2 is 2.16 bits per heavy atom. The first-order valence-corrected chi connectivity index (χ1v) is 5.82. The summed E-state index contributed by atoms with van der Waals surface area (Å²) in [4.78, 5) is 15.9. The van der Waals surface area contributed by atoms with Crippen molar-refractivity contribution in [2.75, 3.05) is 5.32 Å². The summed E-state index contributed by atoms with van der Waals surface area (Å²) < 4.78 is 13.3. The van der Waals surface area contributed by atoms with E-state index in [4.69, 9.17) is 5.73 Å². The fourth-order valence-electron chi connectivity index (χ4n) is 1.55. The summed E-state index contributed by atoms with van der Waals surface area (Å²) in [6.45, 7) is 2.03. The van der Waals surface area contributed by atoms with Crippen LogP contribution >= 0.6 is 0 Å². The number of hydrogen-bond donors (Lipinski definition) is 2. The number of carbonyl (C=O) groups is 1. The van der Waals surface area contributed by atoms with E-state index in [0.29, 0.717) is 17.8 Å². The predicted molar refractivity (Wildman–Crippen MR) is 71.2 cm³/mol. The highest BCUT2D eigenvalue weighted by atomic mass is 19.1. The quantitative estimate of drug-likeness (QED) is 0.888. The zero-order chi connectivity index (χ0) is 13.8. The van der Waals surface area contributed by atoms with Crippen LogP contribution in [0.15, 0.2) is 36.5 Å². The second kappa shape index (κ2) is 5.58. The predicted octanol–water partition coefficient (Wildman–Crippen LogP) is 2.24. The highest BCUT2D eigenvalue weighted by Gasteiger charge is 2.08. The Kier molecular flexibility index (Phi) is 3.87. The van der Waals surface area contributed by atoms with Crippen molar-refractivity contribution in [1.82, 2.24) is 4.98 Å². The molecule has 0 fully saturated rings. The van der Waals surface area contributed by atoms with Crippen molar-refractivity contribution < 1.29 is 9.18 Å². The third-order valence-electron chi connectivity index (χ3n) is 2.72. The SMILES string of the molecule is Cc1ccc(NC(=O)c2ccc(CN)cn2)cc1F. The lowest BCUT2D eigenvalue weighted by molar-refractivity contribution is 0.102. The fraction of sp³-hybridized carbons (Fsp3) is 0.143. The van der Waals surface area contributed by atoms with E-state index >= 15 is 0 Å². The summed E-state index contributed by atoms with van der Waals surface area (Å²) in [7, 11) is 0. The van der Waals surface area contributed by atoms with E-state index in [-0.39, 0.29) is 17.4 Å². The standard InChI is InChI=1S/C14H14FN3O/c1-9-2-4-11(6-12(9)15)18-14(19)13-5-3-10(7-16)8-17-13/h2-6,8H,7,16H2,1H3,(H,18,19). The van der Waals surface area contributed by atoms with Gasteiger partial charge in [0.05, 0.1) is 0 Å².